The van der Waals surface area contributed by atoms with Crippen molar-refractivity contribution in [2.75, 3.05) is 18.2 Å². The number of methoxy groups -OCH3 is 1. The molecule has 10 heteroatoms. The lowest BCUT2D eigenvalue weighted by molar-refractivity contribution is 0.0697. The van der Waals surface area contributed by atoms with E-state index in [-0.39, 0.29) is 17.7 Å². The molecule has 4 N–H and O–H groups in total. The van der Waals surface area contributed by atoms with Crippen LogP contribution >= 0.6 is 22.9 Å². The van der Waals surface area contributed by atoms with Crippen molar-refractivity contribution in [3.8, 4) is 44.2 Å². The van der Waals surface area contributed by atoms with Crippen LogP contribution in [-0.4, -0.2) is 29.1 Å². The minimum atomic E-state index is -1.14. The predicted molar refractivity (Wildman–Crippen MR) is 178 cm³/mol. The van der Waals surface area contributed by atoms with Crippen LogP contribution in [0.2, 0.25) is 5.02 Å². The summed E-state index contributed by atoms with van der Waals surface area (Å²) in [5.74, 6) is -0.0533. The van der Waals surface area contributed by atoms with Crippen LogP contribution in [0, 0.1) is 0 Å². The number of thiophene rings is 1. The van der Waals surface area contributed by atoms with E-state index < -0.39 is 11.9 Å². The van der Waals surface area contributed by atoms with E-state index in [9.17, 15) is 14.7 Å². The van der Waals surface area contributed by atoms with Crippen molar-refractivity contribution < 1.29 is 24.2 Å². The number of aromatic nitrogens is 1. The van der Waals surface area contributed by atoms with E-state index in [0.29, 0.717) is 55.8 Å². The number of carbonyl (C=O) groups excluding carboxylic acids is 1. The molecular weight excluding hydrogens is 610 g/mol. The van der Waals surface area contributed by atoms with Crippen molar-refractivity contribution in [1.82, 2.24) is 4.98 Å². The zero-order chi connectivity index (χ0) is 31.2. The Hall–Kier alpha value is -5.38. The second-order valence-electron chi connectivity index (χ2n) is 10.5. The molecule has 8 nitrogen and oxygen atoms in total. The van der Waals surface area contributed by atoms with Crippen LogP contribution in [0.25, 0.3) is 43.5 Å². The molecular formula is C35H24ClN3O5S. The number of nitrogen functional groups attached to an aromatic ring is 1. The van der Waals surface area contributed by atoms with Crippen molar-refractivity contribution >= 4 is 57.1 Å². The van der Waals surface area contributed by atoms with Crippen LogP contribution in [0.5, 0.6) is 11.5 Å². The highest BCUT2D eigenvalue weighted by Gasteiger charge is 2.27. The second-order valence-corrected chi connectivity index (χ2v) is 11.8. The van der Waals surface area contributed by atoms with E-state index in [1.807, 2.05) is 29.6 Å². The Labute approximate surface area is 266 Å². The minimum Gasteiger partial charge on any atom is -0.496 e. The number of anilines is 2. The Bertz CT molecular complexity index is 2160. The number of benzene rings is 4. The number of nitrogens with two attached hydrogens (primary N) is 1. The zero-order valence-corrected chi connectivity index (χ0v) is 25.3. The van der Waals surface area contributed by atoms with Gasteiger partial charge in [-0.3, -0.25) is 4.79 Å². The molecule has 45 heavy (non-hydrogen) atoms. The van der Waals surface area contributed by atoms with Crippen molar-refractivity contribution in [2.24, 2.45) is 0 Å². The van der Waals surface area contributed by atoms with Crippen LogP contribution in [0.4, 0.5) is 11.5 Å². The largest absolute Gasteiger partial charge is 0.496 e. The Balaban J connectivity index is 1.41. The summed E-state index contributed by atoms with van der Waals surface area (Å²) in [4.78, 5) is 31.9. The summed E-state index contributed by atoms with van der Waals surface area (Å²) in [5.41, 5.74) is 10.5. The van der Waals surface area contributed by atoms with Crippen molar-refractivity contribution in [1.29, 1.82) is 0 Å². The van der Waals surface area contributed by atoms with Crippen LogP contribution < -0.4 is 20.5 Å². The molecule has 0 aliphatic carbocycles. The van der Waals surface area contributed by atoms with Gasteiger partial charge in [-0.25, -0.2) is 9.78 Å². The number of hydrogen-bond donors (Lipinski definition) is 3. The van der Waals surface area contributed by atoms with Gasteiger partial charge in [0.05, 0.1) is 12.7 Å². The number of carbonyl (C=O) groups is 2. The van der Waals surface area contributed by atoms with Gasteiger partial charge in [0.1, 0.15) is 23.9 Å². The first-order chi connectivity index (χ1) is 21.8. The second kappa shape index (κ2) is 11.3. The smallest absolute Gasteiger partial charge is 0.336 e. The highest BCUT2D eigenvalue weighted by molar-refractivity contribution is 7.13. The molecule has 0 unspecified atom stereocenters. The van der Waals surface area contributed by atoms with Gasteiger partial charge >= 0.3 is 5.97 Å². The maximum Gasteiger partial charge on any atom is 0.336 e. The number of carboxylic acid groups (broad SMARTS) is 1. The van der Waals surface area contributed by atoms with Gasteiger partial charge in [-0.1, -0.05) is 17.7 Å². The number of nitrogens with zero attached hydrogens (tertiary/aromatic N) is 1. The Morgan fingerprint density at radius 2 is 1.78 bits per heavy atom. The van der Waals surface area contributed by atoms with Crippen molar-refractivity contribution in [3.05, 3.63) is 112 Å². The van der Waals surface area contributed by atoms with Gasteiger partial charge in [-0.2, -0.15) is 0 Å². The number of fused-ring (bicyclic) bond motifs is 4. The summed E-state index contributed by atoms with van der Waals surface area (Å²) in [6.07, 6.45) is 1.61. The van der Waals surface area contributed by atoms with Gasteiger partial charge in [-0.05, 0) is 106 Å². The lowest BCUT2D eigenvalue weighted by Gasteiger charge is -2.24. The Morgan fingerprint density at radius 1 is 0.956 bits per heavy atom. The molecule has 0 spiro atoms. The number of rotatable bonds is 6. The molecule has 0 saturated carbocycles. The third-order valence-electron chi connectivity index (χ3n) is 7.80. The van der Waals surface area contributed by atoms with E-state index in [1.165, 1.54) is 11.3 Å². The molecule has 1 aliphatic rings. The van der Waals surface area contributed by atoms with E-state index in [1.54, 1.807) is 67.9 Å². The molecule has 0 bridgehead atoms. The van der Waals surface area contributed by atoms with E-state index in [4.69, 9.17) is 26.8 Å². The summed E-state index contributed by atoms with van der Waals surface area (Å²) in [6, 6.07) is 23.1. The number of halogens is 1. The fourth-order valence-electron chi connectivity index (χ4n) is 5.67. The van der Waals surface area contributed by atoms with Crippen LogP contribution in [0.1, 0.15) is 26.3 Å². The molecule has 0 saturated heterocycles. The van der Waals surface area contributed by atoms with Gasteiger partial charge in [0.25, 0.3) is 5.91 Å². The summed E-state index contributed by atoms with van der Waals surface area (Å²) in [7, 11) is 1.55. The summed E-state index contributed by atoms with van der Waals surface area (Å²) in [5, 5.41) is 17.5. The summed E-state index contributed by atoms with van der Waals surface area (Å²) < 4.78 is 11.8. The Kier molecular flexibility index (Phi) is 7.12. The Morgan fingerprint density at radius 3 is 2.56 bits per heavy atom. The third-order valence-corrected chi connectivity index (χ3v) is 8.94. The lowest BCUT2D eigenvalue weighted by atomic mass is 9.87. The van der Waals surface area contributed by atoms with Gasteiger partial charge in [0.2, 0.25) is 0 Å². The predicted octanol–water partition coefficient (Wildman–Crippen LogP) is 8.38. The number of hydrogen-bond acceptors (Lipinski definition) is 7. The van der Waals surface area contributed by atoms with E-state index in [2.05, 4.69) is 10.3 Å². The number of nitrogens with one attached hydrogen (secondary N) is 1. The quantitative estimate of drug-likeness (QED) is 0.168. The van der Waals surface area contributed by atoms with E-state index >= 15 is 0 Å². The highest BCUT2D eigenvalue weighted by atomic mass is 35.5. The molecule has 6 aromatic rings. The van der Waals surface area contributed by atoms with Crippen LogP contribution in [0.3, 0.4) is 0 Å². The number of carboxylic acids is 1. The van der Waals surface area contributed by atoms with Gasteiger partial charge in [0, 0.05) is 43.9 Å². The fraction of sp³-hybridized carbons (Fsp3) is 0.0571. The molecule has 0 fully saturated rings. The van der Waals surface area contributed by atoms with Crippen molar-refractivity contribution in [3.63, 3.8) is 0 Å². The maximum absolute atomic E-state index is 14.1. The summed E-state index contributed by atoms with van der Waals surface area (Å²) >= 11 is 7.79. The molecule has 2 aromatic heterocycles. The third kappa shape index (κ3) is 5.12. The SMILES string of the molecule is COc1cc(-c2cc3c(cc2C(=O)O)-c2cc(Cl)ccc2OC3)c(C(=O)Nc2ccc3c(N)nccc3c2)cc1-c1cccs1. The van der Waals surface area contributed by atoms with Crippen LogP contribution in [-0.2, 0) is 6.61 Å². The first-order valence-electron chi connectivity index (χ1n) is 13.9. The molecule has 0 radical (unpaired) electrons. The normalized spacial score (nSPS) is 11.8. The van der Waals surface area contributed by atoms with E-state index in [0.717, 1.165) is 21.2 Å². The minimum absolute atomic E-state index is 0.0234. The number of amides is 1. The fourth-order valence-corrected chi connectivity index (χ4v) is 6.59. The van der Waals surface area contributed by atoms with Crippen LogP contribution in [0.15, 0.2) is 90.4 Å². The maximum atomic E-state index is 14.1. The molecule has 0 atom stereocenters. The number of ether oxygens (including phenoxy) is 2. The van der Waals surface area contributed by atoms with Gasteiger partial charge < -0.3 is 25.6 Å². The molecule has 222 valence electrons. The summed E-state index contributed by atoms with van der Waals surface area (Å²) in [6.45, 7) is 0.220. The van der Waals surface area contributed by atoms with Gasteiger partial charge in [-0.15, -0.1) is 11.3 Å². The zero-order valence-electron chi connectivity index (χ0n) is 23.8. The average molecular weight is 634 g/mol. The monoisotopic (exact) mass is 633 g/mol. The highest BCUT2D eigenvalue weighted by Crippen LogP contribution is 2.45. The molecule has 7 rings (SSSR count). The molecule has 3 heterocycles. The number of aromatic carboxylic acids is 1. The lowest BCUT2D eigenvalue weighted by Crippen LogP contribution is -2.15. The topological polar surface area (TPSA) is 124 Å². The first-order valence-corrected chi connectivity index (χ1v) is 15.1. The first kappa shape index (κ1) is 28.4. The average Bonchev–Trinajstić information content (AvgIpc) is 3.58. The van der Waals surface area contributed by atoms with Crippen molar-refractivity contribution in [2.45, 2.75) is 6.61 Å². The molecule has 1 amide bonds. The molecule has 1 aliphatic heterocycles. The number of pyridine rings is 1. The standard InChI is InChI=1S/C35H24ClN3O5S/c1-43-31-16-25(24-12-19-17-44-30-7-4-20(36)13-26(30)23(19)14-28(24)35(41)42)27(15-29(31)32-3-2-10-45-32)34(40)39-21-5-6-22-18(11-21)8-9-38-33(22)37/h2-16H,17H2,1H3,(H2,37,38)(H,39,40)(H,41,42). The molecule has 4 aromatic carbocycles. The van der Waals surface area contributed by atoms with Gasteiger partial charge in [0.15, 0.2) is 0 Å².